The molecule has 4 spiro atoms. The van der Waals surface area contributed by atoms with Crippen LogP contribution < -0.4 is 10.1 Å². The zero-order valence-corrected chi connectivity index (χ0v) is 63.8. The highest BCUT2D eigenvalue weighted by Crippen LogP contribution is 2.91. The fourth-order valence-electron chi connectivity index (χ4n) is 27.6. The third kappa shape index (κ3) is 11.1. The van der Waals surface area contributed by atoms with Crippen LogP contribution >= 0.6 is 0 Å². The minimum Gasteiger partial charge on any atom is -0.481 e. The lowest BCUT2D eigenvalue weighted by Gasteiger charge is -2.63. The number of nitrogens with zero attached hydrogens (tertiary/aromatic N) is 2. The van der Waals surface area contributed by atoms with Crippen molar-refractivity contribution in [3.8, 4) is 5.75 Å². The second-order valence-electron chi connectivity index (χ2n) is 38.4. The Labute approximate surface area is 604 Å². The van der Waals surface area contributed by atoms with Gasteiger partial charge in [0.15, 0.2) is 0 Å². The second-order valence-corrected chi connectivity index (χ2v) is 38.4. The van der Waals surface area contributed by atoms with Crippen LogP contribution in [-0.2, 0) is 38.0 Å². The normalized spacial score (nSPS) is 45.7. The summed E-state index contributed by atoms with van der Waals surface area (Å²) in [6.07, 6.45) is 11.4. The maximum absolute atomic E-state index is 13.0. The van der Waals surface area contributed by atoms with Gasteiger partial charge in [0.2, 0.25) is 0 Å². The first kappa shape index (κ1) is 76.0. The van der Waals surface area contributed by atoms with Crippen molar-refractivity contribution in [3.63, 3.8) is 0 Å². The second kappa shape index (κ2) is 25.7. The first-order chi connectivity index (χ1) is 47.6. The lowest BCUT2D eigenvalue weighted by molar-refractivity contribution is -0.384. The van der Waals surface area contributed by atoms with E-state index in [-0.39, 0.29) is 139 Å². The van der Waals surface area contributed by atoms with Gasteiger partial charge >= 0.3 is 24.2 Å². The smallest absolute Gasteiger partial charge is 0.481 e. The Morgan fingerprint density at radius 3 is 1.37 bits per heavy atom. The van der Waals surface area contributed by atoms with Gasteiger partial charge in [-0.3, -0.25) is 19.7 Å². The molecule has 572 valence electrons. The number of hydrogen-bond donors (Lipinski definition) is 7. The summed E-state index contributed by atoms with van der Waals surface area (Å²) in [6.45, 7) is 37.2. The van der Waals surface area contributed by atoms with E-state index in [0.717, 1.165) is 89.9 Å². The molecule has 0 unspecified atom stereocenters. The van der Waals surface area contributed by atoms with Crippen LogP contribution in [0.25, 0.3) is 0 Å². The Morgan fingerprint density at radius 2 is 1.01 bits per heavy atom. The van der Waals surface area contributed by atoms with Crippen LogP contribution in [0.2, 0.25) is 0 Å². The molecule has 14 aliphatic rings. The van der Waals surface area contributed by atoms with Crippen LogP contribution in [0.5, 0.6) is 5.75 Å². The molecule has 4 saturated heterocycles. The number of ether oxygens (including phenoxy) is 7. The van der Waals surface area contributed by atoms with E-state index in [0.29, 0.717) is 61.8 Å². The summed E-state index contributed by atoms with van der Waals surface area (Å²) in [7, 11) is 0. The van der Waals surface area contributed by atoms with Gasteiger partial charge in [-0.25, -0.2) is 9.59 Å². The number of non-ortho nitro benzene ring substituents is 1. The molecule has 14 fully saturated rings. The van der Waals surface area contributed by atoms with Gasteiger partial charge in [0, 0.05) is 73.2 Å². The molecule has 4 aliphatic heterocycles. The highest BCUT2D eigenvalue weighted by molar-refractivity contribution is 5.77. The highest BCUT2D eigenvalue weighted by atomic mass is 16.7. The van der Waals surface area contributed by atoms with Gasteiger partial charge in [0.05, 0.1) is 64.6 Å². The number of likely N-dealkylation sites (tertiary alicyclic amines) is 1. The standard InChI is InChI=1S/C39H57NO9.C37H59NO8.C4H7NO2/c1-9-46-32(35(5,6)43)25-20-22(2)29-30(48-25)31(41)37(8)27-15-14-26-34(3,4)28(16-17-38(26)21-39(27,38)19-18-36(29,37)7)49-33(42)47-24-12-10-23(11-13-24)40(44)45;1-9-44-29(33(5,6)43)22-16-20(2)26-27(45-22)28(39)35(8)24-11-10-23-32(3,4)25(46-31(42)38-17-21(18-38)30(40)41)12-13-36(23)19-37(24,36)15-14-34(26,35)7;6-4(7)3-1-5-2-3/h10-13,22,25-32,41,43H,9,14-21H2,1-8H3;20-29,39,43H,9-19H2,1-8H3,(H,40,41);3,5H,1-2H2,(H,6,7)/t22-,25-,26+,27+,28+,29+,30+,31+,32+,36-,37-,38-,39+;20-,22-,23+,24+,25+,26+,27+,28+,29+,34-,35-,36-,37+;/m11./s1. The van der Waals surface area contributed by atoms with Crippen LogP contribution in [-0.4, -0.2) is 176 Å². The van der Waals surface area contributed by atoms with Crippen LogP contribution in [0.15, 0.2) is 24.3 Å². The number of aliphatic hydroxyl groups is 4. The number of carbonyl (C=O) groups excluding carboxylic acids is 2. The highest BCUT2D eigenvalue weighted by Gasteiger charge is 2.87. The van der Waals surface area contributed by atoms with Gasteiger partial charge in [-0.2, -0.15) is 0 Å². The fourth-order valence-corrected chi connectivity index (χ4v) is 27.6. The molecule has 10 aliphatic carbocycles. The molecule has 1 amide bonds. The number of aliphatic carboxylic acids is 2. The van der Waals surface area contributed by atoms with Crippen molar-refractivity contribution in [2.75, 3.05) is 39.4 Å². The van der Waals surface area contributed by atoms with Crippen molar-refractivity contribution in [3.05, 3.63) is 34.4 Å². The van der Waals surface area contributed by atoms with E-state index >= 15 is 0 Å². The van der Waals surface area contributed by atoms with Crippen LogP contribution in [0, 0.1) is 123 Å². The number of amides is 1. The number of nitrogens with one attached hydrogen (secondary N) is 1. The van der Waals surface area contributed by atoms with E-state index < -0.39 is 64.6 Å². The zero-order valence-electron chi connectivity index (χ0n) is 63.8. The summed E-state index contributed by atoms with van der Waals surface area (Å²) < 4.78 is 43.6. The van der Waals surface area contributed by atoms with E-state index in [1.165, 1.54) is 42.0 Å². The minimum absolute atomic E-state index is 0.0445. The van der Waals surface area contributed by atoms with Gasteiger partial charge in [-0.1, -0.05) is 69.2 Å². The van der Waals surface area contributed by atoms with Crippen molar-refractivity contribution < 1.29 is 87.9 Å². The van der Waals surface area contributed by atoms with Crippen LogP contribution in [0.4, 0.5) is 15.3 Å². The molecular formula is C80H123N3O19. The molecular weight excluding hydrogens is 1310 g/mol. The van der Waals surface area contributed by atoms with Crippen molar-refractivity contribution >= 4 is 29.9 Å². The van der Waals surface area contributed by atoms with Crippen molar-refractivity contribution in [2.45, 2.75) is 286 Å². The van der Waals surface area contributed by atoms with Crippen molar-refractivity contribution in [1.82, 2.24) is 10.2 Å². The summed E-state index contributed by atoms with van der Waals surface area (Å²) >= 11 is 0. The lowest BCUT2D eigenvalue weighted by Crippen LogP contribution is -2.60. The van der Waals surface area contributed by atoms with Crippen molar-refractivity contribution in [2.24, 2.45) is 113 Å². The number of nitro benzene ring substituents is 1. The monoisotopic (exact) mass is 1430 g/mol. The van der Waals surface area contributed by atoms with Gasteiger partial charge in [-0.05, 0) is 236 Å². The molecule has 1 aromatic carbocycles. The van der Waals surface area contributed by atoms with Gasteiger partial charge < -0.3 is 74.0 Å². The predicted octanol–water partition coefficient (Wildman–Crippen LogP) is 12.3. The Kier molecular flexibility index (Phi) is 19.1. The molecule has 10 saturated carbocycles. The summed E-state index contributed by atoms with van der Waals surface area (Å²) in [5.41, 5.74) is -2.59. The molecule has 15 rings (SSSR count). The molecule has 0 radical (unpaired) electrons. The Hall–Kier alpha value is -4.26. The SMILES string of the molecule is CCO[C@@H]([C@H]1C[C@@H](C)[C@H]2[C@H](O1)[C@H](O)[C@@]1(C)[C@@H]3CC[C@H]4C(C)(C)[C@@H](OC(=O)N5CC(C(=O)O)C5)CC[C@@]45C[C@@]35CC[C@]21C)C(C)(C)O.CCO[C@@H]([C@H]1C[C@@H](C)[C@H]2[C@H](O1)[C@H](O)[C@@]1(C)[C@@H]3CC[C@H]4C(C)(C)[C@@H](OC(=O)Oc5ccc([N+](=O)[O-])cc5)CC[C@@]45C[C@@]35CC[C@]21C)C(C)(C)O.O=C(O)C1CNC1. The van der Waals surface area contributed by atoms with E-state index in [1.54, 1.807) is 27.7 Å². The number of carboxylic acid groups (broad SMARTS) is 2. The number of rotatable bonds is 14. The Balaban J connectivity index is 0.000000166. The third-order valence-electron chi connectivity index (χ3n) is 32.6. The average Bonchev–Trinajstić information content (AvgIpc) is 1.46. The molecule has 22 nitrogen and oxygen atoms in total. The summed E-state index contributed by atoms with van der Waals surface area (Å²) in [5, 5.41) is 78.4. The minimum atomic E-state index is -1.06. The predicted molar refractivity (Wildman–Crippen MR) is 377 cm³/mol. The first-order valence-electron chi connectivity index (χ1n) is 39.2. The molecule has 0 aromatic heterocycles. The number of carboxylic acids is 2. The summed E-state index contributed by atoms with van der Waals surface area (Å²) in [6, 6.07) is 5.45. The number of aliphatic hydroxyl groups excluding tert-OH is 2. The van der Waals surface area contributed by atoms with Gasteiger partial charge in [-0.15, -0.1) is 0 Å². The van der Waals surface area contributed by atoms with E-state index in [4.69, 9.17) is 38.3 Å². The molecule has 0 bridgehead atoms. The summed E-state index contributed by atoms with van der Waals surface area (Å²) in [5.74, 6) is 0.854. The van der Waals surface area contributed by atoms with E-state index in [1.807, 2.05) is 13.8 Å². The van der Waals surface area contributed by atoms with Gasteiger partial charge in [0.25, 0.3) is 5.69 Å². The topological polar surface area (TPSA) is 313 Å². The van der Waals surface area contributed by atoms with E-state index in [2.05, 4.69) is 74.6 Å². The largest absolute Gasteiger partial charge is 0.514 e. The quantitative estimate of drug-likeness (QED) is 0.0394. The average molecular weight is 1430 g/mol. The number of hydrogen-bond acceptors (Lipinski definition) is 18. The first-order valence-corrected chi connectivity index (χ1v) is 39.2. The molecule has 22 heteroatoms. The Bertz CT molecular complexity index is 3360. The zero-order chi connectivity index (χ0) is 74.2. The molecule has 1 aromatic rings. The molecule has 4 heterocycles. The van der Waals surface area contributed by atoms with Crippen molar-refractivity contribution in [1.29, 1.82) is 0 Å². The molecule has 102 heavy (non-hydrogen) atoms. The van der Waals surface area contributed by atoms with Gasteiger partial charge in [0.1, 0.15) is 30.2 Å². The third-order valence-corrected chi connectivity index (χ3v) is 32.6. The number of nitro groups is 1. The van der Waals surface area contributed by atoms with Crippen LogP contribution in [0.1, 0.15) is 214 Å². The van der Waals surface area contributed by atoms with Crippen LogP contribution in [0.3, 0.4) is 0 Å². The maximum Gasteiger partial charge on any atom is 0.514 e. The summed E-state index contributed by atoms with van der Waals surface area (Å²) in [4.78, 5) is 59.2. The Morgan fingerprint density at radius 1 is 0.608 bits per heavy atom. The maximum atomic E-state index is 13.0. The number of carbonyl (C=O) groups is 4. The number of fused-ring (bicyclic) bond motifs is 8. The molecule has 7 N–H and O–H groups in total. The fraction of sp³-hybridized carbons (Fsp3) is 0.875. The van der Waals surface area contributed by atoms with E-state index in [9.17, 15) is 54.8 Å². The molecule has 26 atom stereocenters. The lowest BCUT2D eigenvalue weighted by atomic mass is 9.41. The number of benzene rings is 1.